The van der Waals surface area contributed by atoms with Crippen LogP contribution in [0.25, 0.3) is 0 Å². The fourth-order valence-electron chi connectivity index (χ4n) is 12.8. The number of carbonyl (C=O) groups is 2. The maximum absolute atomic E-state index is 12.5. The molecule has 0 fully saturated rings. The van der Waals surface area contributed by atoms with Gasteiger partial charge in [0.2, 0.25) is 5.91 Å². The Morgan fingerprint density at radius 2 is 0.494 bits per heavy atom. The third-order valence-corrected chi connectivity index (χ3v) is 18.7. The third-order valence-electron chi connectivity index (χ3n) is 18.7. The number of hydrogen-bond donors (Lipinski definition) is 3. The van der Waals surface area contributed by atoms with Gasteiger partial charge < -0.3 is 20.3 Å². The second kappa shape index (κ2) is 73.3. The van der Waals surface area contributed by atoms with E-state index < -0.39 is 12.1 Å². The molecule has 496 valence electrons. The van der Waals surface area contributed by atoms with Gasteiger partial charge in [0, 0.05) is 12.8 Å². The van der Waals surface area contributed by atoms with Crippen LogP contribution in [0.15, 0.2) is 0 Å². The lowest BCUT2D eigenvalue weighted by Gasteiger charge is -2.22. The van der Waals surface area contributed by atoms with Gasteiger partial charge in [-0.15, -0.1) is 0 Å². The molecule has 0 aliphatic rings. The molecule has 2 unspecified atom stereocenters. The van der Waals surface area contributed by atoms with Crippen molar-refractivity contribution in [1.82, 2.24) is 5.32 Å². The molecule has 1 amide bonds. The van der Waals surface area contributed by atoms with Crippen LogP contribution in [-0.4, -0.2) is 47.4 Å². The minimum atomic E-state index is -0.661. The van der Waals surface area contributed by atoms with Gasteiger partial charge in [-0.2, -0.15) is 0 Å². The van der Waals surface area contributed by atoms with E-state index in [2.05, 4.69) is 19.2 Å². The van der Waals surface area contributed by atoms with Gasteiger partial charge in [0.1, 0.15) is 0 Å². The Balaban J connectivity index is 3.31. The van der Waals surface area contributed by atoms with Crippen molar-refractivity contribution in [3.8, 4) is 0 Å². The summed E-state index contributed by atoms with van der Waals surface area (Å²) in [5, 5.41) is 23.4. The number of ether oxygens (including phenoxy) is 1. The summed E-state index contributed by atoms with van der Waals surface area (Å²) in [6.45, 7) is 5.02. The molecule has 6 heteroatoms. The summed E-state index contributed by atoms with van der Waals surface area (Å²) in [6, 6.07) is -0.538. The fraction of sp³-hybridized carbons (Fsp3) is 0.974. The number of carbonyl (C=O) groups excluding carboxylic acids is 2. The number of hydrogen-bond acceptors (Lipinski definition) is 5. The van der Waals surface area contributed by atoms with Gasteiger partial charge in [0.25, 0.3) is 0 Å². The molecule has 0 radical (unpaired) electrons. The summed E-state index contributed by atoms with van der Waals surface area (Å²) in [5.41, 5.74) is 0. The van der Waals surface area contributed by atoms with Crippen molar-refractivity contribution < 1.29 is 24.5 Å². The lowest BCUT2D eigenvalue weighted by atomic mass is 10.0. The van der Waals surface area contributed by atoms with Crippen LogP contribution in [0.1, 0.15) is 457 Å². The van der Waals surface area contributed by atoms with Crippen LogP contribution in [0.2, 0.25) is 0 Å². The van der Waals surface area contributed by atoms with Gasteiger partial charge in [-0.1, -0.05) is 418 Å². The minimum absolute atomic E-state index is 0.0255. The Morgan fingerprint density at radius 3 is 0.735 bits per heavy atom. The maximum atomic E-state index is 12.5. The number of amides is 1. The minimum Gasteiger partial charge on any atom is -0.466 e. The van der Waals surface area contributed by atoms with Gasteiger partial charge in [0.05, 0.1) is 25.4 Å². The van der Waals surface area contributed by atoms with Crippen LogP contribution >= 0.6 is 0 Å². The van der Waals surface area contributed by atoms with Crippen molar-refractivity contribution in [1.29, 1.82) is 0 Å². The first-order chi connectivity index (χ1) is 41.0. The normalized spacial score (nSPS) is 12.4. The maximum Gasteiger partial charge on any atom is 0.305 e. The molecule has 0 aliphatic carbocycles. The molecule has 2 atom stereocenters. The molecular formula is C77H153NO5. The number of unbranched alkanes of at least 4 members (excludes halogenated alkanes) is 63. The predicted octanol–water partition coefficient (Wildman–Crippen LogP) is 25.3. The van der Waals surface area contributed by atoms with Crippen molar-refractivity contribution in [3.05, 3.63) is 0 Å². The summed E-state index contributed by atoms with van der Waals surface area (Å²) in [4.78, 5) is 24.7. The smallest absolute Gasteiger partial charge is 0.305 e. The summed E-state index contributed by atoms with van der Waals surface area (Å²) in [7, 11) is 0. The Hall–Kier alpha value is -1.14. The zero-order valence-corrected chi connectivity index (χ0v) is 57.0. The summed E-state index contributed by atoms with van der Waals surface area (Å²) >= 11 is 0. The van der Waals surface area contributed by atoms with E-state index in [-0.39, 0.29) is 18.5 Å². The Labute approximate surface area is 521 Å². The van der Waals surface area contributed by atoms with Gasteiger partial charge >= 0.3 is 5.97 Å². The van der Waals surface area contributed by atoms with Crippen LogP contribution in [0, 0.1) is 0 Å². The molecule has 0 aromatic carbocycles. The molecular weight excluding hydrogens is 1020 g/mol. The molecule has 0 heterocycles. The fourth-order valence-corrected chi connectivity index (χ4v) is 12.8. The monoisotopic (exact) mass is 1170 g/mol. The van der Waals surface area contributed by atoms with Crippen LogP contribution < -0.4 is 5.32 Å². The van der Waals surface area contributed by atoms with E-state index in [1.165, 1.54) is 385 Å². The van der Waals surface area contributed by atoms with Crippen molar-refractivity contribution >= 4 is 11.9 Å². The molecule has 0 aromatic rings. The quantitative estimate of drug-likeness (QED) is 0.0417. The molecule has 0 aromatic heterocycles. The Bertz CT molecular complexity index is 1210. The lowest BCUT2D eigenvalue weighted by molar-refractivity contribution is -0.143. The highest BCUT2D eigenvalue weighted by Crippen LogP contribution is 2.20. The van der Waals surface area contributed by atoms with Crippen molar-refractivity contribution in [2.45, 2.75) is 469 Å². The number of nitrogens with one attached hydrogen (secondary N) is 1. The first-order valence-corrected chi connectivity index (χ1v) is 38.8. The van der Waals surface area contributed by atoms with Gasteiger partial charge in [-0.05, 0) is 25.7 Å². The van der Waals surface area contributed by atoms with E-state index in [1.807, 2.05) is 0 Å². The van der Waals surface area contributed by atoms with Crippen molar-refractivity contribution in [2.24, 2.45) is 0 Å². The second-order valence-corrected chi connectivity index (χ2v) is 27.1. The zero-order valence-electron chi connectivity index (χ0n) is 57.0. The highest BCUT2D eigenvalue weighted by atomic mass is 16.5. The highest BCUT2D eigenvalue weighted by molar-refractivity contribution is 5.76. The third kappa shape index (κ3) is 69.8. The molecule has 0 saturated carbocycles. The van der Waals surface area contributed by atoms with Gasteiger partial charge in [0.15, 0.2) is 0 Å². The van der Waals surface area contributed by atoms with E-state index in [1.54, 1.807) is 0 Å². The summed E-state index contributed by atoms with van der Waals surface area (Å²) < 4.78 is 5.52. The predicted molar refractivity (Wildman–Crippen MR) is 366 cm³/mol. The zero-order chi connectivity index (χ0) is 59.9. The molecule has 0 spiro atoms. The topological polar surface area (TPSA) is 95.9 Å². The number of aliphatic hydroxyl groups excluding tert-OH is 2. The van der Waals surface area contributed by atoms with Gasteiger partial charge in [-0.3, -0.25) is 9.59 Å². The second-order valence-electron chi connectivity index (χ2n) is 27.1. The summed E-state index contributed by atoms with van der Waals surface area (Å²) in [6.07, 6.45) is 90.4. The number of esters is 1. The SMILES string of the molecule is CCCCCCCCCCCCCCCCCCCCCC(O)C(CO)NC(=O)CCCCCCCCCCCCCCCCCCCCCCCCCCCCCCCOC(=O)CCCCCCCCCCCCCCCCCCCC. The average molecular weight is 1170 g/mol. The number of aliphatic hydroxyl groups is 2. The van der Waals surface area contributed by atoms with E-state index in [0.29, 0.717) is 25.9 Å². The van der Waals surface area contributed by atoms with Crippen LogP contribution in [-0.2, 0) is 14.3 Å². The molecule has 0 aliphatic heterocycles. The summed E-state index contributed by atoms with van der Waals surface area (Å²) in [5.74, 6) is -0.000417. The van der Waals surface area contributed by atoms with Crippen LogP contribution in [0.3, 0.4) is 0 Å². The van der Waals surface area contributed by atoms with E-state index in [9.17, 15) is 19.8 Å². The van der Waals surface area contributed by atoms with E-state index >= 15 is 0 Å². The first kappa shape index (κ1) is 81.9. The Kier molecular flexibility index (Phi) is 72.3. The van der Waals surface area contributed by atoms with E-state index in [0.717, 1.165) is 38.5 Å². The van der Waals surface area contributed by atoms with Crippen LogP contribution in [0.4, 0.5) is 0 Å². The van der Waals surface area contributed by atoms with Crippen molar-refractivity contribution in [2.75, 3.05) is 13.2 Å². The van der Waals surface area contributed by atoms with Crippen molar-refractivity contribution in [3.63, 3.8) is 0 Å². The standard InChI is InChI=1S/C77H153NO5/c1-3-5-7-9-11-13-15-17-19-21-34-37-41-45-49-53-57-61-65-69-75(80)74(73-79)78-76(81)70-66-62-58-54-50-46-42-38-35-32-30-28-26-24-23-25-27-29-31-33-36-40-44-48-52-56-60-64-68-72-83-77(82)71-67-63-59-55-51-47-43-39-22-20-18-16-14-12-10-8-6-4-2/h74-75,79-80H,3-73H2,1-2H3,(H,78,81). The molecule has 0 rings (SSSR count). The molecule has 6 nitrogen and oxygen atoms in total. The molecule has 0 bridgehead atoms. The lowest BCUT2D eigenvalue weighted by Crippen LogP contribution is -2.45. The molecule has 83 heavy (non-hydrogen) atoms. The Morgan fingerprint density at radius 1 is 0.289 bits per heavy atom. The molecule has 3 N–H and O–H groups in total. The highest BCUT2D eigenvalue weighted by Gasteiger charge is 2.20. The average Bonchev–Trinajstić information content (AvgIpc) is 3.49. The number of rotatable bonds is 74. The van der Waals surface area contributed by atoms with Crippen LogP contribution in [0.5, 0.6) is 0 Å². The first-order valence-electron chi connectivity index (χ1n) is 38.8. The van der Waals surface area contributed by atoms with E-state index in [4.69, 9.17) is 4.74 Å². The largest absolute Gasteiger partial charge is 0.466 e. The van der Waals surface area contributed by atoms with Gasteiger partial charge in [-0.25, -0.2) is 0 Å². The molecule has 0 saturated heterocycles.